The van der Waals surface area contributed by atoms with Crippen LogP contribution in [0.3, 0.4) is 0 Å². The van der Waals surface area contributed by atoms with E-state index in [1.165, 1.54) is 0 Å². The van der Waals surface area contributed by atoms with Crippen LogP contribution in [0.15, 0.2) is 0 Å². The van der Waals surface area contributed by atoms with Gasteiger partial charge in [-0.3, -0.25) is 4.79 Å². The molecule has 1 amide bonds. The maximum Gasteiger partial charge on any atom is 0.227 e. The SMILES string of the molecule is CC(C)C(O)CNC(=O)C1(CN)CCCC1. The van der Waals surface area contributed by atoms with E-state index in [1.54, 1.807) is 0 Å². The molecule has 16 heavy (non-hydrogen) atoms. The van der Waals surface area contributed by atoms with E-state index in [1.807, 2.05) is 13.8 Å². The minimum Gasteiger partial charge on any atom is -0.391 e. The minimum absolute atomic E-state index is 0.0206. The van der Waals surface area contributed by atoms with Crippen molar-refractivity contribution in [3.63, 3.8) is 0 Å². The van der Waals surface area contributed by atoms with E-state index in [-0.39, 0.29) is 17.2 Å². The molecule has 0 spiro atoms. The molecule has 1 saturated carbocycles. The van der Waals surface area contributed by atoms with Crippen molar-refractivity contribution in [2.45, 2.75) is 45.6 Å². The number of hydrogen-bond donors (Lipinski definition) is 3. The number of nitrogens with one attached hydrogen (secondary N) is 1. The fourth-order valence-corrected chi connectivity index (χ4v) is 2.20. The summed E-state index contributed by atoms with van der Waals surface area (Å²) in [6.07, 6.45) is 3.45. The van der Waals surface area contributed by atoms with E-state index in [0.717, 1.165) is 25.7 Å². The molecule has 0 bridgehead atoms. The third-order valence-electron chi connectivity index (χ3n) is 3.67. The molecule has 94 valence electrons. The summed E-state index contributed by atoms with van der Waals surface area (Å²) in [4.78, 5) is 12.0. The summed E-state index contributed by atoms with van der Waals surface area (Å²) in [5.41, 5.74) is 5.35. The molecule has 0 aliphatic heterocycles. The molecular weight excluding hydrogens is 204 g/mol. The summed E-state index contributed by atoms with van der Waals surface area (Å²) < 4.78 is 0. The van der Waals surface area contributed by atoms with Gasteiger partial charge in [0.2, 0.25) is 5.91 Å². The molecule has 0 aromatic heterocycles. The number of carbonyl (C=O) groups excluding carboxylic acids is 1. The van der Waals surface area contributed by atoms with Crippen molar-refractivity contribution in [3.8, 4) is 0 Å². The zero-order valence-electron chi connectivity index (χ0n) is 10.3. The number of hydrogen-bond acceptors (Lipinski definition) is 3. The smallest absolute Gasteiger partial charge is 0.227 e. The quantitative estimate of drug-likeness (QED) is 0.646. The zero-order chi connectivity index (χ0) is 12.2. The lowest BCUT2D eigenvalue weighted by molar-refractivity contribution is -0.130. The average molecular weight is 228 g/mol. The van der Waals surface area contributed by atoms with Gasteiger partial charge in [0.1, 0.15) is 0 Å². The predicted octanol–water partition coefficient (Wildman–Crippen LogP) is 0.639. The molecule has 1 atom stereocenters. The van der Waals surface area contributed by atoms with Crippen LogP contribution in [0.1, 0.15) is 39.5 Å². The van der Waals surface area contributed by atoms with Crippen molar-refractivity contribution in [1.29, 1.82) is 0 Å². The van der Waals surface area contributed by atoms with Crippen LogP contribution in [-0.2, 0) is 4.79 Å². The van der Waals surface area contributed by atoms with Crippen LogP contribution in [-0.4, -0.2) is 30.2 Å². The van der Waals surface area contributed by atoms with E-state index in [4.69, 9.17) is 5.73 Å². The van der Waals surface area contributed by atoms with Crippen molar-refractivity contribution >= 4 is 5.91 Å². The summed E-state index contributed by atoms with van der Waals surface area (Å²) in [7, 11) is 0. The number of rotatable bonds is 5. The van der Waals surface area contributed by atoms with Gasteiger partial charge in [-0.2, -0.15) is 0 Å². The highest BCUT2D eigenvalue weighted by Crippen LogP contribution is 2.37. The normalized spacial score (nSPS) is 21.1. The van der Waals surface area contributed by atoms with Gasteiger partial charge in [-0.05, 0) is 18.8 Å². The van der Waals surface area contributed by atoms with Gasteiger partial charge < -0.3 is 16.2 Å². The summed E-state index contributed by atoms with van der Waals surface area (Å²) in [6, 6.07) is 0. The number of amides is 1. The molecule has 1 unspecified atom stereocenters. The Labute approximate surface area is 97.6 Å². The van der Waals surface area contributed by atoms with Gasteiger partial charge in [-0.15, -0.1) is 0 Å². The summed E-state index contributed by atoms with van der Waals surface area (Å²) in [5, 5.41) is 12.5. The first-order chi connectivity index (χ1) is 7.52. The second kappa shape index (κ2) is 5.64. The lowest BCUT2D eigenvalue weighted by atomic mass is 9.85. The highest BCUT2D eigenvalue weighted by molar-refractivity contribution is 5.83. The molecule has 0 saturated heterocycles. The number of aliphatic hydroxyl groups is 1. The molecule has 1 rings (SSSR count). The van der Waals surface area contributed by atoms with Gasteiger partial charge in [-0.1, -0.05) is 26.7 Å². The first kappa shape index (κ1) is 13.5. The number of carbonyl (C=O) groups is 1. The first-order valence-electron chi connectivity index (χ1n) is 6.18. The average Bonchev–Trinajstić information content (AvgIpc) is 2.74. The number of aliphatic hydroxyl groups excluding tert-OH is 1. The molecule has 1 aliphatic carbocycles. The Bertz CT molecular complexity index is 235. The predicted molar refractivity (Wildman–Crippen MR) is 63.8 cm³/mol. The molecule has 0 aromatic rings. The number of nitrogens with two attached hydrogens (primary N) is 1. The highest BCUT2D eigenvalue weighted by Gasteiger charge is 2.39. The molecule has 0 radical (unpaired) electrons. The van der Waals surface area contributed by atoms with Crippen LogP contribution in [0.2, 0.25) is 0 Å². The van der Waals surface area contributed by atoms with E-state index < -0.39 is 6.10 Å². The lowest BCUT2D eigenvalue weighted by Gasteiger charge is -2.27. The third-order valence-corrected chi connectivity index (χ3v) is 3.67. The Morgan fingerprint density at radius 1 is 1.44 bits per heavy atom. The van der Waals surface area contributed by atoms with Gasteiger partial charge in [0, 0.05) is 13.1 Å². The van der Waals surface area contributed by atoms with Crippen LogP contribution in [0, 0.1) is 11.3 Å². The van der Waals surface area contributed by atoms with E-state index >= 15 is 0 Å². The summed E-state index contributed by atoms with van der Waals surface area (Å²) in [6.45, 7) is 4.62. The Hall–Kier alpha value is -0.610. The summed E-state index contributed by atoms with van der Waals surface area (Å²) in [5.74, 6) is 0.185. The Balaban J connectivity index is 2.45. The Morgan fingerprint density at radius 3 is 2.44 bits per heavy atom. The zero-order valence-corrected chi connectivity index (χ0v) is 10.3. The molecular formula is C12H24N2O2. The van der Waals surface area contributed by atoms with Crippen molar-refractivity contribution in [3.05, 3.63) is 0 Å². The van der Waals surface area contributed by atoms with Crippen LogP contribution in [0.25, 0.3) is 0 Å². The van der Waals surface area contributed by atoms with Crippen molar-refractivity contribution in [2.24, 2.45) is 17.1 Å². The van der Waals surface area contributed by atoms with Gasteiger partial charge >= 0.3 is 0 Å². The molecule has 4 heteroatoms. The lowest BCUT2D eigenvalue weighted by Crippen LogP contribution is -2.46. The fourth-order valence-electron chi connectivity index (χ4n) is 2.20. The Morgan fingerprint density at radius 2 is 2.00 bits per heavy atom. The van der Waals surface area contributed by atoms with Crippen LogP contribution in [0.5, 0.6) is 0 Å². The molecule has 0 heterocycles. The Kier molecular flexibility index (Phi) is 4.74. The maximum atomic E-state index is 12.0. The second-order valence-corrected chi connectivity index (χ2v) is 5.21. The largest absolute Gasteiger partial charge is 0.391 e. The van der Waals surface area contributed by atoms with Gasteiger partial charge in [0.15, 0.2) is 0 Å². The maximum absolute atomic E-state index is 12.0. The van der Waals surface area contributed by atoms with Crippen LogP contribution < -0.4 is 11.1 Å². The van der Waals surface area contributed by atoms with Gasteiger partial charge in [0.05, 0.1) is 11.5 Å². The van der Waals surface area contributed by atoms with Crippen LogP contribution >= 0.6 is 0 Å². The van der Waals surface area contributed by atoms with Crippen molar-refractivity contribution in [2.75, 3.05) is 13.1 Å². The monoisotopic (exact) mass is 228 g/mol. The first-order valence-corrected chi connectivity index (χ1v) is 6.18. The molecule has 1 fully saturated rings. The second-order valence-electron chi connectivity index (χ2n) is 5.21. The molecule has 4 nitrogen and oxygen atoms in total. The minimum atomic E-state index is -0.472. The van der Waals surface area contributed by atoms with E-state index in [9.17, 15) is 9.90 Å². The van der Waals surface area contributed by atoms with Gasteiger partial charge in [0.25, 0.3) is 0 Å². The van der Waals surface area contributed by atoms with E-state index in [0.29, 0.717) is 13.1 Å². The van der Waals surface area contributed by atoms with E-state index in [2.05, 4.69) is 5.32 Å². The fraction of sp³-hybridized carbons (Fsp3) is 0.917. The molecule has 4 N–H and O–H groups in total. The topological polar surface area (TPSA) is 75.3 Å². The van der Waals surface area contributed by atoms with Gasteiger partial charge in [-0.25, -0.2) is 0 Å². The third kappa shape index (κ3) is 2.95. The van der Waals surface area contributed by atoms with Crippen molar-refractivity contribution in [1.82, 2.24) is 5.32 Å². The van der Waals surface area contributed by atoms with Crippen LogP contribution in [0.4, 0.5) is 0 Å². The standard InChI is InChI=1S/C12H24N2O2/c1-9(2)10(15)7-14-11(16)12(8-13)5-3-4-6-12/h9-10,15H,3-8,13H2,1-2H3,(H,14,16). The molecule has 0 aromatic carbocycles. The summed E-state index contributed by atoms with van der Waals surface area (Å²) >= 11 is 0. The highest BCUT2D eigenvalue weighted by atomic mass is 16.3. The molecule has 1 aliphatic rings. The van der Waals surface area contributed by atoms with Crippen molar-refractivity contribution < 1.29 is 9.90 Å².